The molecule has 1 aliphatic heterocycles. The molecule has 3 aromatic rings. The fraction of sp³-hybridized carbons (Fsp3) is 0.214. The third-order valence-corrected chi connectivity index (χ3v) is 5.72. The number of aromatic nitrogens is 1. The van der Waals surface area contributed by atoms with E-state index in [2.05, 4.69) is 10.3 Å². The quantitative estimate of drug-likeness (QED) is 0.296. The minimum atomic E-state index is -0.896. The highest BCUT2D eigenvalue weighted by Gasteiger charge is 2.47. The average molecular weight is 486 g/mol. The van der Waals surface area contributed by atoms with E-state index < -0.39 is 17.7 Å². The number of pyridine rings is 1. The second-order valence-electron chi connectivity index (χ2n) is 8.83. The number of aliphatic hydroxyl groups excluding tert-OH is 1. The Hall–Kier alpha value is -4.46. The van der Waals surface area contributed by atoms with Gasteiger partial charge in [-0.3, -0.25) is 24.3 Å². The maximum absolute atomic E-state index is 13.3. The molecule has 1 aliphatic rings. The monoisotopic (exact) mass is 485 g/mol. The number of rotatable bonds is 6. The number of anilines is 2. The zero-order chi connectivity index (χ0) is 26.0. The number of Topliss-reactive ketones (excluding diaryl/α,β-unsaturated/α-hetero) is 1. The lowest BCUT2D eigenvalue weighted by Crippen LogP contribution is -2.29. The molecule has 2 N–H and O–H groups in total. The molecule has 1 unspecified atom stereocenters. The van der Waals surface area contributed by atoms with Crippen molar-refractivity contribution < 1.29 is 24.2 Å². The molecule has 8 nitrogen and oxygen atoms in total. The number of ketones is 1. The van der Waals surface area contributed by atoms with Crippen molar-refractivity contribution in [3.8, 4) is 5.75 Å². The van der Waals surface area contributed by atoms with Crippen LogP contribution in [0.1, 0.15) is 43.5 Å². The highest BCUT2D eigenvalue weighted by Crippen LogP contribution is 2.42. The third-order valence-electron chi connectivity index (χ3n) is 5.72. The van der Waals surface area contributed by atoms with E-state index in [1.54, 1.807) is 67.0 Å². The molecule has 8 heteroatoms. The molecular weight excluding hydrogens is 458 g/mol. The number of ether oxygens (including phenoxy) is 1. The van der Waals surface area contributed by atoms with Gasteiger partial charge in [-0.15, -0.1) is 0 Å². The molecule has 1 fully saturated rings. The molecule has 36 heavy (non-hydrogen) atoms. The summed E-state index contributed by atoms with van der Waals surface area (Å²) in [6, 6.07) is 14.3. The van der Waals surface area contributed by atoms with E-state index in [9.17, 15) is 19.5 Å². The summed E-state index contributed by atoms with van der Waals surface area (Å²) < 4.78 is 5.78. The van der Waals surface area contributed by atoms with Gasteiger partial charge in [-0.1, -0.05) is 6.07 Å². The number of carbonyl (C=O) groups is 3. The molecule has 184 valence electrons. The van der Waals surface area contributed by atoms with Gasteiger partial charge in [-0.05, 0) is 80.4 Å². The van der Waals surface area contributed by atoms with Crippen LogP contribution in [0.4, 0.5) is 11.4 Å². The summed E-state index contributed by atoms with van der Waals surface area (Å²) in [7, 11) is 0. The SMILES string of the molecule is CC(=O)Nc1cccc(N2C(=O)C(=O)/C(=C(/O)c3ccc(OC(C)C)c(C)c3)C2c2ccncc2)c1. The highest BCUT2D eigenvalue weighted by molar-refractivity contribution is 6.51. The Morgan fingerprint density at radius 3 is 2.44 bits per heavy atom. The number of aryl methyl sites for hydroxylation is 1. The van der Waals surface area contributed by atoms with E-state index in [1.807, 2.05) is 20.8 Å². The summed E-state index contributed by atoms with van der Waals surface area (Å²) in [5.74, 6) is -1.47. The Kier molecular flexibility index (Phi) is 6.87. The number of benzene rings is 2. The zero-order valence-corrected chi connectivity index (χ0v) is 20.5. The summed E-state index contributed by atoms with van der Waals surface area (Å²) in [6.45, 7) is 7.07. The van der Waals surface area contributed by atoms with E-state index >= 15 is 0 Å². The lowest BCUT2D eigenvalue weighted by atomic mass is 9.95. The second kappa shape index (κ2) is 10.0. The van der Waals surface area contributed by atoms with Crippen molar-refractivity contribution in [2.75, 3.05) is 10.2 Å². The minimum absolute atomic E-state index is 0.0200. The Labute approximate surface area is 209 Å². The highest BCUT2D eigenvalue weighted by atomic mass is 16.5. The maximum Gasteiger partial charge on any atom is 0.300 e. The molecule has 2 amide bonds. The summed E-state index contributed by atoms with van der Waals surface area (Å²) in [5.41, 5.74) is 2.63. The number of carbonyl (C=O) groups excluding carboxylic acids is 3. The molecular formula is C28H27N3O5. The van der Waals surface area contributed by atoms with Gasteiger partial charge in [0, 0.05) is 36.3 Å². The maximum atomic E-state index is 13.3. The van der Waals surface area contributed by atoms with E-state index in [0.717, 1.165) is 5.56 Å². The molecule has 4 rings (SSSR count). The van der Waals surface area contributed by atoms with Gasteiger partial charge in [0.25, 0.3) is 11.7 Å². The van der Waals surface area contributed by atoms with Crippen LogP contribution in [0.15, 0.2) is 72.6 Å². The standard InChI is InChI=1S/C28H27N3O5/c1-16(2)36-23-9-8-20(14-17(23)3)26(33)24-25(19-10-12-29-13-11-19)31(28(35)27(24)34)22-7-5-6-21(15-22)30-18(4)32/h5-16,25,33H,1-4H3,(H,30,32)/b26-24+. The average Bonchev–Trinajstić information content (AvgIpc) is 3.10. The van der Waals surface area contributed by atoms with E-state index in [4.69, 9.17) is 4.74 Å². The molecule has 0 bridgehead atoms. The molecule has 0 aliphatic carbocycles. The first-order chi connectivity index (χ1) is 17.2. The zero-order valence-electron chi connectivity index (χ0n) is 20.5. The summed E-state index contributed by atoms with van der Waals surface area (Å²) in [5, 5.41) is 14.0. The van der Waals surface area contributed by atoms with Crippen molar-refractivity contribution in [3.63, 3.8) is 0 Å². The van der Waals surface area contributed by atoms with Crippen LogP contribution < -0.4 is 15.0 Å². The Balaban J connectivity index is 1.86. The third kappa shape index (κ3) is 4.84. The fourth-order valence-electron chi connectivity index (χ4n) is 4.24. The lowest BCUT2D eigenvalue weighted by molar-refractivity contribution is -0.132. The number of hydrogen-bond acceptors (Lipinski definition) is 6. The second-order valence-corrected chi connectivity index (χ2v) is 8.83. The molecule has 0 spiro atoms. The van der Waals surface area contributed by atoms with E-state index in [1.165, 1.54) is 11.8 Å². The number of hydrogen-bond donors (Lipinski definition) is 2. The normalized spacial score (nSPS) is 16.9. The van der Waals surface area contributed by atoms with Crippen LogP contribution in [0.2, 0.25) is 0 Å². The van der Waals surface area contributed by atoms with Gasteiger partial charge in [0.15, 0.2) is 0 Å². The Morgan fingerprint density at radius 1 is 1.08 bits per heavy atom. The number of amides is 2. The van der Waals surface area contributed by atoms with Crippen LogP contribution in [0.5, 0.6) is 5.75 Å². The molecule has 2 heterocycles. The first kappa shape index (κ1) is 24.7. The fourth-order valence-corrected chi connectivity index (χ4v) is 4.24. The lowest BCUT2D eigenvalue weighted by Gasteiger charge is -2.25. The van der Waals surface area contributed by atoms with Crippen LogP contribution in [-0.2, 0) is 14.4 Å². The van der Waals surface area contributed by atoms with E-state index in [-0.39, 0.29) is 23.3 Å². The van der Waals surface area contributed by atoms with Gasteiger partial charge in [-0.25, -0.2) is 0 Å². The van der Waals surface area contributed by atoms with Crippen LogP contribution in [-0.4, -0.2) is 33.8 Å². The van der Waals surface area contributed by atoms with Crippen molar-refractivity contribution in [3.05, 3.63) is 89.3 Å². The number of nitrogens with zero attached hydrogens (tertiary/aromatic N) is 2. The van der Waals surface area contributed by atoms with Crippen molar-refractivity contribution in [2.24, 2.45) is 0 Å². The van der Waals surface area contributed by atoms with Crippen LogP contribution in [0.25, 0.3) is 5.76 Å². The van der Waals surface area contributed by atoms with Gasteiger partial charge in [0.2, 0.25) is 5.91 Å². The van der Waals surface area contributed by atoms with E-state index in [0.29, 0.717) is 28.3 Å². The van der Waals surface area contributed by atoms with Crippen molar-refractivity contribution in [1.82, 2.24) is 4.98 Å². The smallest absolute Gasteiger partial charge is 0.300 e. The number of nitrogens with one attached hydrogen (secondary N) is 1. The summed E-state index contributed by atoms with van der Waals surface area (Å²) >= 11 is 0. The summed E-state index contributed by atoms with van der Waals surface area (Å²) in [4.78, 5) is 43.6. The predicted molar refractivity (Wildman–Crippen MR) is 137 cm³/mol. The first-order valence-corrected chi connectivity index (χ1v) is 11.5. The van der Waals surface area contributed by atoms with Crippen molar-refractivity contribution >= 4 is 34.7 Å². The molecule has 0 radical (unpaired) electrons. The van der Waals surface area contributed by atoms with Gasteiger partial charge < -0.3 is 15.2 Å². The molecule has 0 saturated carbocycles. The van der Waals surface area contributed by atoms with Crippen LogP contribution in [0, 0.1) is 6.92 Å². The minimum Gasteiger partial charge on any atom is -0.507 e. The molecule has 1 aromatic heterocycles. The van der Waals surface area contributed by atoms with Gasteiger partial charge in [0.1, 0.15) is 11.5 Å². The molecule has 1 atom stereocenters. The first-order valence-electron chi connectivity index (χ1n) is 11.5. The van der Waals surface area contributed by atoms with Gasteiger partial charge >= 0.3 is 0 Å². The Morgan fingerprint density at radius 2 is 1.81 bits per heavy atom. The topological polar surface area (TPSA) is 109 Å². The van der Waals surface area contributed by atoms with Crippen LogP contribution >= 0.6 is 0 Å². The Bertz CT molecular complexity index is 1360. The van der Waals surface area contributed by atoms with Gasteiger partial charge in [0.05, 0.1) is 17.7 Å². The van der Waals surface area contributed by atoms with Crippen LogP contribution in [0.3, 0.4) is 0 Å². The number of aliphatic hydroxyl groups is 1. The molecule has 1 saturated heterocycles. The predicted octanol–water partition coefficient (Wildman–Crippen LogP) is 4.76. The van der Waals surface area contributed by atoms with Gasteiger partial charge in [-0.2, -0.15) is 0 Å². The largest absolute Gasteiger partial charge is 0.507 e. The van der Waals surface area contributed by atoms with Crippen molar-refractivity contribution in [1.29, 1.82) is 0 Å². The molecule has 2 aromatic carbocycles. The van der Waals surface area contributed by atoms with Crippen molar-refractivity contribution in [2.45, 2.75) is 39.8 Å². The summed E-state index contributed by atoms with van der Waals surface area (Å²) in [6.07, 6.45) is 3.10.